The summed E-state index contributed by atoms with van der Waals surface area (Å²) in [4.78, 5) is 23.1. The topological polar surface area (TPSA) is 52.6 Å². The van der Waals surface area contributed by atoms with Gasteiger partial charge >= 0.3 is 11.9 Å². The minimum absolute atomic E-state index is 0.0520. The SMILES string of the molecule is COC(=O)c1cccc(COC(=O)C2CC=CC2)c1. The first-order chi connectivity index (χ1) is 9.20. The number of rotatable bonds is 4. The average molecular weight is 260 g/mol. The number of hydrogen-bond acceptors (Lipinski definition) is 4. The van der Waals surface area contributed by atoms with Gasteiger partial charge in [-0.3, -0.25) is 4.79 Å². The van der Waals surface area contributed by atoms with Crippen molar-refractivity contribution in [2.24, 2.45) is 5.92 Å². The van der Waals surface area contributed by atoms with Gasteiger partial charge in [0.25, 0.3) is 0 Å². The zero-order chi connectivity index (χ0) is 13.7. The van der Waals surface area contributed by atoms with Gasteiger partial charge in [0, 0.05) is 0 Å². The maximum Gasteiger partial charge on any atom is 0.337 e. The van der Waals surface area contributed by atoms with Crippen LogP contribution in [0.1, 0.15) is 28.8 Å². The predicted octanol–water partition coefficient (Wildman–Crippen LogP) is 2.48. The molecule has 0 fully saturated rings. The van der Waals surface area contributed by atoms with E-state index in [1.54, 1.807) is 18.2 Å². The Balaban J connectivity index is 1.92. The minimum atomic E-state index is -0.395. The van der Waals surface area contributed by atoms with Crippen molar-refractivity contribution >= 4 is 11.9 Å². The molecule has 0 saturated heterocycles. The number of carbonyl (C=O) groups excluding carboxylic acids is 2. The number of methoxy groups -OCH3 is 1. The highest BCUT2D eigenvalue weighted by atomic mass is 16.5. The van der Waals surface area contributed by atoms with Gasteiger partial charge in [0.15, 0.2) is 0 Å². The molecule has 1 aromatic rings. The zero-order valence-corrected chi connectivity index (χ0v) is 10.8. The molecule has 2 rings (SSSR count). The van der Waals surface area contributed by atoms with E-state index in [2.05, 4.69) is 4.74 Å². The first kappa shape index (κ1) is 13.3. The summed E-state index contributed by atoms with van der Waals surface area (Å²) in [5.41, 5.74) is 1.24. The lowest BCUT2D eigenvalue weighted by atomic mass is 10.1. The van der Waals surface area contributed by atoms with Crippen molar-refractivity contribution in [3.63, 3.8) is 0 Å². The van der Waals surface area contributed by atoms with Crippen molar-refractivity contribution in [2.45, 2.75) is 19.4 Å². The average Bonchev–Trinajstić information content (AvgIpc) is 2.98. The number of esters is 2. The van der Waals surface area contributed by atoms with Crippen LogP contribution in [0.2, 0.25) is 0 Å². The van der Waals surface area contributed by atoms with E-state index in [-0.39, 0.29) is 18.5 Å². The Bertz CT molecular complexity index is 497. The Morgan fingerprint density at radius 3 is 2.68 bits per heavy atom. The summed E-state index contributed by atoms with van der Waals surface area (Å²) in [6.07, 6.45) is 5.48. The Morgan fingerprint density at radius 2 is 2.00 bits per heavy atom. The first-order valence-electron chi connectivity index (χ1n) is 6.19. The molecule has 100 valence electrons. The molecule has 0 aliphatic heterocycles. The van der Waals surface area contributed by atoms with Crippen LogP contribution >= 0.6 is 0 Å². The zero-order valence-electron chi connectivity index (χ0n) is 10.8. The lowest BCUT2D eigenvalue weighted by molar-refractivity contribution is -0.149. The molecule has 1 aliphatic carbocycles. The van der Waals surface area contributed by atoms with Gasteiger partial charge in [-0.2, -0.15) is 0 Å². The van der Waals surface area contributed by atoms with Gasteiger partial charge < -0.3 is 9.47 Å². The third-order valence-electron chi connectivity index (χ3n) is 3.07. The highest BCUT2D eigenvalue weighted by Gasteiger charge is 2.20. The quantitative estimate of drug-likeness (QED) is 0.616. The summed E-state index contributed by atoms with van der Waals surface area (Å²) in [7, 11) is 1.34. The fraction of sp³-hybridized carbons (Fsp3) is 0.333. The molecule has 0 atom stereocenters. The molecule has 0 N–H and O–H groups in total. The van der Waals surface area contributed by atoms with E-state index in [4.69, 9.17) is 4.74 Å². The second-order valence-corrected chi connectivity index (χ2v) is 4.44. The van der Waals surface area contributed by atoms with Gasteiger partial charge in [0.2, 0.25) is 0 Å². The lowest BCUT2D eigenvalue weighted by Gasteiger charge is -2.10. The van der Waals surface area contributed by atoms with Gasteiger partial charge in [-0.1, -0.05) is 24.3 Å². The fourth-order valence-electron chi connectivity index (χ4n) is 1.99. The van der Waals surface area contributed by atoms with Gasteiger partial charge in [0.05, 0.1) is 18.6 Å². The molecule has 0 saturated carbocycles. The maximum absolute atomic E-state index is 11.7. The molecule has 0 spiro atoms. The van der Waals surface area contributed by atoms with E-state index in [9.17, 15) is 9.59 Å². The molecule has 0 radical (unpaired) electrons. The van der Waals surface area contributed by atoms with Gasteiger partial charge in [0.1, 0.15) is 6.61 Å². The molecule has 4 heteroatoms. The second-order valence-electron chi connectivity index (χ2n) is 4.44. The van der Waals surface area contributed by atoms with Crippen LogP contribution in [0.15, 0.2) is 36.4 Å². The van der Waals surface area contributed by atoms with E-state index in [1.807, 2.05) is 18.2 Å². The number of benzene rings is 1. The number of ether oxygens (including phenoxy) is 2. The Morgan fingerprint density at radius 1 is 1.26 bits per heavy atom. The van der Waals surface area contributed by atoms with Crippen LogP contribution in [0.4, 0.5) is 0 Å². The van der Waals surface area contributed by atoms with E-state index in [0.29, 0.717) is 5.56 Å². The van der Waals surface area contributed by atoms with Crippen LogP contribution in [-0.2, 0) is 20.9 Å². The van der Waals surface area contributed by atoms with Crippen LogP contribution in [0, 0.1) is 5.92 Å². The van der Waals surface area contributed by atoms with E-state index < -0.39 is 5.97 Å². The van der Waals surface area contributed by atoms with Crippen molar-refractivity contribution in [1.29, 1.82) is 0 Å². The summed E-state index contributed by atoms with van der Waals surface area (Å²) in [5.74, 6) is -0.634. The third kappa shape index (κ3) is 3.44. The first-order valence-corrected chi connectivity index (χ1v) is 6.19. The molecule has 0 aromatic heterocycles. The lowest BCUT2D eigenvalue weighted by Crippen LogP contribution is -2.15. The Labute approximate surface area is 112 Å². The largest absolute Gasteiger partial charge is 0.465 e. The molecule has 0 unspecified atom stereocenters. The molecule has 0 amide bonds. The molecule has 1 aliphatic rings. The molecule has 1 aromatic carbocycles. The maximum atomic E-state index is 11.7. The highest BCUT2D eigenvalue weighted by molar-refractivity contribution is 5.89. The van der Waals surface area contributed by atoms with Crippen molar-refractivity contribution in [3.8, 4) is 0 Å². The van der Waals surface area contributed by atoms with Crippen LogP contribution < -0.4 is 0 Å². The third-order valence-corrected chi connectivity index (χ3v) is 3.07. The summed E-state index contributed by atoms with van der Waals surface area (Å²) in [5, 5.41) is 0. The molecule has 0 heterocycles. The monoisotopic (exact) mass is 260 g/mol. The predicted molar refractivity (Wildman–Crippen MR) is 69.4 cm³/mol. The molecular formula is C15H16O4. The summed E-state index contributed by atoms with van der Waals surface area (Å²) in [6.45, 7) is 0.181. The molecule has 4 nitrogen and oxygen atoms in total. The van der Waals surface area contributed by atoms with Crippen molar-refractivity contribution < 1.29 is 19.1 Å². The van der Waals surface area contributed by atoms with Crippen LogP contribution in [0.25, 0.3) is 0 Å². The summed E-state index contributed by atoms with van der Waals surface area (Å²) in [6, 6.07) is 6.89. The number of allylic oxidation sites excluding steroid dienone is 2. The molecule has 0 bridgehead atoms. The van der Waals surface area contributed by atoms with Gasteiger partial charge in [-0.05, 0) is 30.5 Å². The molecule has 19 heavy (non-hydrogen) atoms. The number of carbonyl (C=O) groups is 2. The van der Waals surface area contributed by atoms with Gasteiger partial charge in [-0.25, -0.2) is 4.79 Å². The minimum Gasteiger partial charge on any atom is -0.465 e. The smallest absolute Gasteiger partial charge is 0.337 e. The fourth-order valence-corrected chi connectivity index (χ4v) is 1.99. The Kier molecular flexibility index (Phi) is 4.34. The van der Waals surface area contributed by atoms with Crippen LogP contribution in [0.5, 0.6) is 0 Å². The number of hydrogen-bond donors (Lipinski definition) is 0. The standard InChI is InChI=1S/C15H16O4/c1-18-14(16)13-8-4-5-11(9-13)10-19-15(17)12-6-2-3-7-12/h2-5,8-9,12H,6-7,10H2,1H3. The van der Waals surface area contributed by atoms with Crippen molar-refractivity contribution in [2.75, 3.05) is 7.11 Å². The summed E-state index contributed by atoms with van der Waals surface area (Å²) >= 11 is 0. The normalized spacial score (nSPS) is 14.4. The van der Waals surface area contributed by atoms with Crippen LogP contribution in [0.3, 0.4) is 0 Å². The van der Waals surface area contributed by atoms with E-state index in [1.165, 1.54) is 7.11 Å². The van der Waals surface area contributed by atoms with E-state index >= 15 is 0 Å². The van der Waals surface area contributed by atoms with E-state index in [0.717, 1.165) is 18.4 Å². The molecular weight excluding hydrogens is 244 g/mol. The van der Waals surface area contributed by atoms with Crippen molar-refractivity contribution in [1.82, 2.24) is 0 Å². The van der Waals surface area contributed by atoms with Crippen LogP contribution in [-0.4, -0.2) is 19.0 Å². The Hall–Kier alpha value is -2.10. The van der Waals surface area contributed by atoms with Crippen molar-refractivity contribution in [3.05, 3.63) is 47.5 Å². The van der Waals surface area contributed by atoms with Gasteiger partial charge in [-0.15, -0.1) is 0 Å². The summed E-state index contributed by atoms with van der Waals surface area (Å²) < 4.78 is 9.89. The highest BCUT2D eigenvalue weighted by Crippen LogP contribution is 2.19. The second kappa shape index (κ2) is 6.18.